The summed E-state index contributed by atoms with van der Waals surface area (Å²) in [6.45, 7) is 0. The highest BCUT2D eigenvalue weighted by Crippen LogP contribution is 2.54. The molecule has 55 heavy (non-hydrogen) atoms. The average Bonchev–Trinajstić information content (AvgIpc) is 3.26. The molecule has 0 bridgehead atoms. The summed E-state index contributed by atoms with van der Waals surface area (Å²) in [4.78, 5) is 4.59. The van der Waals surface area contributed by atoms with Gasteiger partial charge in [-0.25, -0.2) is 0 Å². The van der Waals surface area contributed by atoms with E-state index in [0.29, 0.717) is 0 Å². The number of ether oxygens (including phenoxy) is 1. The van der Waals surface area contributed by atoms with E-state index >= 15 is 0 Å². The molecule has 0 spiro atoms. The summed E-state index contributed by atoms with van der Waals surface area (Å²) in [6, 6.07) is 77.3. The molecule has 3 heteroatoms. The van der Waals surface area contributed by atoms with Crippen LogP contribution in [0.15, 0.2) is 218 Å². The number of para-hydroxylation sites is 4. The molecule has 0 atom stereocenters. The van der Waals surface area contributed by atoms with Gasteiger partial charge < -0.3 is 14.5 Å². The van der Waals surface area contributed by atoms with Crippen molar-refractivity contribution in [2.75, 3.05) is 9.80 Å². The lowest BCUT2D eigenvalue weighted by molar-refractivity contribution is 0.488. The molecule has 1 heterocycles. The van der Waals surface area contributed by atoms with Crippen LogP contribution >= 0.6 is 0 Å². The first kappa shape index (κ1) is 32.3. The van der Waals surface area contributed by atoms with Gasteiger partial charge in [0.05, 0.1) is 11.4 Å². The van der Waals surface area contributed by atoms with Crippen LogP contribution in [0, 0.1) is 0 Å². The molecule has 0 radical (unpaired) electrons. The van der Waals surface area contributed by atoms with E-state index in [1.165, 1.54) is 22.3 Å². The zero-order valence-electron chi connectivity index (χ0n) is 30.1. The van der Waals surface area contributed by atoms with Gasteiger partial charge in [0.15, 0.2) is 5.75 Å². The van der Waals surface area contributed by atoms with E-state index in [1.807, 2.05) is 0 Å². The maximum atomic E-state index is 7.12. The minimum absolute atomic E-state index is 0.834. The molecule has 3 nitrogen and oxygen atoms in total. The molecule has 0 aliphatic carbocycles. The predicted molar refractivity (Wildman–Crippen MR) is 230 cm³/mol. The van der Waals surface area contributed by atoms with Crippen molar-refractivity contribution in [3.05, 3.63) is 218 Å². The fourth-order valence-electron chi connectivity index (χ4n) is 7.83. The lowest BCUT2D eigenvalue weighted by atomic mass is 9.93. The zero-order chi connectivity index (χ0) is 36.6. The van der Waals surface area contributed by atoms with Gasteiger partial charge in [0.1, 0.15) is 5.75 Å². The highest BCUT2D eigenvalue weighted by Gasteiger charge is 2.27. The minimum atomic E-state index is 0.834. The maximum absolute atomic E-state index is 7.12. The molecule has 0 N–H and O–H groups in total. The Morgan fingerprint density at radius 1 is 0.309 bits per heavy atom. The normalized spacial score (nSPS) is 11.4. The summed E-state index contributed by atoms with van der Waals surface area (Å²) < 4.78 is 7.12. The number of anilines is 6. The monoisotopic (exact) mass is 704 g/mol. The Morgan fingerprint density at radius 2 is 0.764 bits per heavy atom. The second-order valence-corrected chi connectivity index (χ2v) is 13.8. The number of nitrogens with zero attached hydrogens (tertiary/aromatic N) is 2. The highest BCUT2D eigenvalue weighted by molar-refractivity contribution is 6.07. The molecular weight excluding hydrogens is 669 g/mol. The van der Waals surface area contributed by atoms with Gasteiger partial charge in [-0.3, -0.25) is 0 Å². The maximum Gasteiger partial charge on any atom is 0.159 e. The van der Waals surface area contributed by atoms with Gasteiger partial charge in [0, 0.05) is 39.8 Å². The van der Waals surface area contributed by atoms with Crippen LogP contribution in [0.3, 0.4) is 0 Å². The van der Waals surface area contributed by atoms with Crippen molar-refractivity contribution in [3.63, 3.8) is 0 Å². The SMILES string of the molecule is c1ccc(-c2ccc(-c3ccc(N(c4ccccc4)c4cc5c6c(cccc6c4)-c4cccc(N(c6ccccc6)c6ccccc6)c4O5)cc3)cc2)cc1. The second kappa shape index (κ2) is 13.9. The molecule has 9 aromatic rings. The van der Waals surface area contributed by atoms with Crippen LogP contribution in [-0.2, 0) is 0 Å². The third-order valence-electron chi connectivity index (χ3n) is 10.4. The Morgan fingerprint density at radius 3 is 1.35 bits per heavy atom. The molecule has 0 saturated heterocycles. The van der Waals surface area contributed by atoms with Crippen LogP contribution in [-0.4, -0.2) is 0 Å². The molecule has 0 aromatic heterocycles. The van der Waals surface area contributed by atoms with E-state index in [-0.39, 0.29) is 0 Å². The Balaban J connectivity index is 1.07. The Kier molecular flexibility index (Phi) is 8.16. The van der Waals surface area contributed by atoms with E-state index in [4.69, 9.17) is 4.74 Å². The number of hydrogen-bond acceptors (Lipinski definition) is 3. The number of hydrogen-bond donors (Lipinski definition) is 0. The minimum Gasteiger partial charge on any atom is -0.454 e. The van der Waals surface area contributed by atoms with Gasteiger partial charge in [0.2, 0.25) is 0 Å². The summed E-state index contributed by atoms with van der Waals surface area (Å²) in [5, 5.41) is 2.24. The van der Waals surface area contributed by atoms with Crippen molar-refractivity contribution in [3.8, 4) is 44.9 Å². The largest absolute Gasteiger partial charge is 0.454 e. The molecule has 9 aromatic carbocycles. The van der Waals surface area contributed by atoms with E-state index in [9.17, 15) is 0 Å². The molecular formula is C52H36N2O. The smallest absolute Gasteiger partial charge is 0.159 e. The number of benzene rings is 9. The van der Waals surface area contributed by atoms with E-state index in [0.717, 1.165) is 67.5 Å². The summed E-state index contributed by atoms with van der Waals surface area (Å²) in [6.07, 6.45) is 0. The topological polar surface area (TPSA) is 15.7 Å². The van der Waals surface area contributed by atoms with Crippen molar-refractivity contribution >= 4 is 44.9 Å². The Hall–Kier alpha value is -7.36. The number of rotatable bonds is 8. The Bertz CT molecular complexity index is 2710. The second-order valence-electron chi connectivity index (χ2n) is 13.8. The van der Waals surface area contributed by atoms with Crippen LogP contribution in [0.1, 0.15) is 0 Å². The summed E-state index contributed by atoms with van der Waals surface area (Å²) in [5.41, 5.74) is 13.3. The van der Waals surface area contributed by atoms with Crippen molar-refractivity contribution in [2.24, 2.45) is 0 Å². The fourth-order valence-corrected chi connectivity index (χ4v) is 7.83. The average molecular weight is 705 g/mol. The standard InChI is InChI=1S/C52H36N2O/c1-5-15-37(16-6-1)38-27-29-39(30-28-38)40-31-33-45(34-32-40)53(42-18-7-2-8-19-42)46-35-41-17-13-24-47-48-25-14-26-49(52(48)55-50(36-46)51(41)47)54(43-20-9-3-10-21-43)44-22-11-4-12-23-44/h1-36H. The van der Waals surface area contributed by atoms with Crippen LogP contribution in [0.4, 0.5) is 34.1 Å². The predicted octanol–water partition coefficient (Wildman–Crippen LogP) is 14.9. The first-order valence-electron chi connectivity index (χ1n) is 18.7. The molecule has 1 aliphatic heterocycles. The summed E-state index contributed by atoms with van der Waals surface area (Å²) in [5.74, 6) is 1.67. The van der Waals surface area contributed by atoms with Crippen LogP contribution in [0.5, 0.6) is 11.5 Å². The van der Waals surface area contributed by atoms with E-state index < -0.39 is 0 Å². The van der Waals surface area contributed by atoms with Gasteiger partial charge in [-0.2, -0.15) is 0 Å². The van der Waals surface area contributed by atoms with Gasteiger partial charge in [-0.05, 0) is 93.9 Å². The lowest BCUT2D eigenvalue weighted by Crippen LogP contribution is -2.13. The van der Waals surface area contributed by atoms with Gasteiger partial charge in [-0.15, -0.1) is 0 Å². The van der Waals surface area contributed by atoms with Crippen molar-refractivity contribution in [1.82, 2.24) is 0 Å². The lowest BCUT2D eigenvalue weighted by Gasteiger charge is -2.31. The van der Waals surface area contributed by atoms with Crippen molar-refractivity contribution in [1.29, 1.82) is 0 Å². The summed E-state index contributed by atoms with van der Waals surface area (Å²) in [7, 11) is 0. The first-order valence-corrected chi connectivity index (χ1v) is 18.7. The van der Waals surface area contributed by atoms with Gasteiger partial charge in [0.25, 0.3) is 0 Å². The van der Waals surface area contributed by atoms with Crippen LogP contribution in [0.25, 0.3) is 44.2 Å². The fraction of sp³-hybridized carbons (Fsp3) is 0. The van der Waals surface area contributed by atoms with Gasteiger partial charge >= 0.3 is 0 Å². The number of fused-ring (bicyclic) bond motifs is 2. The quantitative estimate of drug-likeness (QED) is 0.157. The molecule has 1 aliphatic rings. The molecule has 0 saturated carbocycles. The Labute approximate surface area is 321 Å². The summed E-state index contributed by atoms with van der Waals surface area (Å²) >= 11 is 0. The van der Waals surface area contributed by atoms with Crippen molar-refractivity contribution in [2.45, 2.75) is 0 Å². The van der Waals surface area contributed by atoms with Crippen molar-refractivity contribution < 1.29 is 4.74 Å². The molecule has 260 valence electrons. The molecule has 10 rings (SSSR count). The third-order valence-corrected chi connectivity index (χ3v) is 10.4. The highest BCUT2D eigenvalue weighted by atomic mass is 16.5. The third kappa shape index (κ3) is 5.98. The molecule has 0 unspecified atom stereocenters. The molecule has 0 fully saturated rings. The van der Waals surface area contributed by atoms with E-state index in [1.54, 1.807) is 0 Å². The van der Waals surface area contributed by atoms with E-state index in [2.05, 4.69) is 228 Å². The zero-order valence-corrected chi connectivity index (χ0v) is 30.1. The van der Waals surface area contributed by atoms with Crippen LogP contribution < -0.4 is 14.5 Å². The first-order chi connectivity index (χ1) is 27.3. The van der Waals surface area contributed by atoms with Crippen LogP contribution in [0.2, 0.25) is 0 Å². The molecule has 0 amide bonds. The van der Waals surface area contributed by atoms with Gasteiger partial charge in [-0.1, -0.05) is 152 Å².